The third kappa shape index (κ3) is 3.42. The summed E-state index contributed by atoms with van der Waals surface area (Å²) < 4.78 is 0. The highest BCUT2D eigenvalue weighted by atomic mass is 16.2. The third-order valence-electron chi connectivity index (χ3n) is 5.63. The molecule has 134 valence electrons. The number of nitrogens with one attached hydrogen (secondary N) is 2. The maximum Gasteiger partial charge on any atom is 0.317 e. The van der Waals surface area contributed by atoms with E-state index in [1.165, 1.54) is 19.3 Å². The van der Waals surface area contributed by atoms with Crippen molar-refractivity contribution in [1.29, 1.82) is 0 Å². The summed E-state index contributed by atoms with van der Waals surface area (Å²) in [6, 6.07) is 0.0775. The summed E-state index contributed by atoms with van der Waals surface area (Å²) in [5, 5.41) is 10.6. The number of aromatic nitrogens is 3. The van der Waals surface area contributed by atoms with Gasteiger partial charge in [-0.1, -0.05) is 27.2 Å². The minimum absolute atomic E-state index is 0.0775. The number of urea groups is 1. The van der Waals surface area contributed by atoms with E-state index < -0.39 is 0 Å². The molecule has 6 nitrogen and oxygen atoms in total. The minimum atomic E-state index is 0.0775. The molecule has 2 aliphatic rings. The van der Waals surface area contributed by atoms with Crippen LogP contribution in [0.4, 0.5) is 4.79 Å². The van der Waals surface area contributed by atoms with Crippen LogP contribution >= 0.6 is 0 Å². The van der Waals surface area contributed by atoms with Crippen molar-refractivity contribution in [3.8, 4) is 0 Å². The zero-order valence-electron chi connectivity index (χ0n) is 15.3. The predicted molar refractivity (Wildman–Crippen MR) is 93.8 cm³/mol. The lowest BCUT2D eigenvalue weighted by Gasteiger charge is -2.41. The van der Waals surface area contributed by atoms with E-state index in [0.717, 1.165) is 50.5 Å². The second kappa shape index (κ2) is 7.11. The molecular weight excluding hydrogens is 302 g/mol. The summed E-state index contributed by atoms with van der Waals surface area (Å²) in [5.74, 6) is 2.78. The van der Waals surface area contributed by atoms with Crippen molar-refractivity contribution in [2.24, 2.45) is 11.3 Å². The van der Waals surface area contributed by atoms with E-state index in [0.29, 0.717) is 5.92 Å². The van der Waals surface area contributed by atoms with Crippen molar-refractivity contribution >= 4 is 6.03 Å². The summed E-state index contributed by atoms with van der Waals surface area (Å²) in [6.07, 6.45) is 6.65. The largest absolute Gasteiger partial charge is 0.338 e. The average Bonchev–Trinajstić information content (AvgIpc) is 3.10. The second-order valence-corrected chi connectivity index (χ2v) is 7.95. The van der Waals surface area contributed by atoms with Crippen molar-refractivity contribution in [2.75, 3.05) is 19.6 Å². The smallest absolute Gasteiger partial charge is 0.317 e. The van der Waals surface area contributed by atoms with Gasteiger partial charge in [-0.3, -0.25) is 5.10 Å². The fraction of sp³-hybridized carbons (Fsp3) is 0.833. The molecule has 1 aromatic heterocycles. The van der Waals surface area contributed by atoms with Gasteiger partial charge in [0.15, 0.2) is 5.82 Å². The molecule has 2 amide bonds. The fourth-order valence-corrected chi connectivity index (χ4v) is 4.01. The lowest BCUT2D eigenvalue weighted by atomic mass is 9.62. The van der Waals surface area contributed by atoms with Gasteiger partial charge in [-0.15, -0.1) is 0 Å². The molecule has 1 spiro atoms. The van der Waals surface area contributed by atoms with Crippen LogP contribution in [0, 0.1) is 11.3 Å². The van der Waals surface area contributed by atoms with Crippen molar-refractivity contribution in [2.45, 2.75) is 65.2 Å². The number of H-pyrrole nitrogens is 1. The van der Waals surface area contributed by atoms with Crippen LogP contribution in [0.25, 0.3) is 0 Å². The second-order valence-electron chi connectivity index (χ2n) is 7.95. The Hall–Kier alpha value is -1.59. The van der Waals surface area contributed by atoms with Crippen LogP contribution in [0.1, 0.15) is 70.4 Å². The normalized spacial score (nSPS) is 22.2. The number of aromatic amines is 1. The molecule has 1 saturated heterocycles. The molecule has 1 atom stereocenters. The number of carbonyl (C=O) groups is 1. The van der Waals surface area contributed by atoms with Crippen LogP contribution in [0.15, 0.2) is 0 Å². The Morgan fingerprint density at radius 1 is 1.46 bits per heavy atom. The first-order valence-corrected chi connectivity index (χ1v) is 9.48. The molecule has 2 heterocycles. The van der Waals surface area contributed by atoms with E-state index >= 15 is 0 Å². The number of nitrogens with zero attached hydrogens (tertiary/aromatic N) is 3. The zero-order valence-corrected chi connectivity index (χ0v) is 15.3. The molecule has 1 aliphatic carbocycles. The van der Waals surface area contributed by atoms with Gasteiger partial charge in [0.2, 0.25) is 0 Å². The first-order valence-electron chi connectivity index (χ1n) is 9.48. The van der Waals surface area contributed by atoms with Crippen LogP contribution in [0.5, 0.6) is 0 Å². The van der Waals surface area contributed by atoms with Crippen LogP contribution in [0.3, 0.4) is 0 Å². The third-order valence-corrected chi connectivity index (χ3v) is 5.63. The van der Waals surface area contributed by atoms with Crippen molar-refractivity contribution < 1.29 is 4.79 Å². The fourth-order valence-electron chi connectivity index (χ4n) is 4.01. The molecule has 2 fully saturated rings. The standard InChI is InChI=1S/C18H31N5O/c1-4-6-15-20-16(22-21-15)14-11-23(12-18(14)8-5-9-18)17(24)19-10-7-13(2)3/h13-14H,4-12H2,1-3H3,(H,19,24)(H,20,21,22). The number of rotatable bonds is 6. The summed E-state index contributed by atoms with van der Waals surface area (Å²) in [6.45, 7) is 8.86. The summed E-state index contributed by atoms with van der Waals surface area (Å²) in [7, 11) is 0. The number of hydrogen-bond acceptors (Lipinski definition) is 3. The van der Waals surface area contributed by atoms with E-state index in [9.17, 15) is 4.79 Å². The molecule has 1 saturated carbocycles. The topological polar surface area (TPSA) is 73.9 Å². The molecule has 24 heavy (non-hydrogen) atoms. The van der Waals surface area contributed by atoms with Crippen LogP contribution < -0.4 is 5.32 Å². The molecule has 1 aliphatic heterocycles. The number of hydrogen-bond donors (Lipinski definition) is 2. The SMILES string of the molecule is CCCc1nc(C2CN(C(=O)NCCC(C)C)CC23CCC3)n[nH]1. The Kier molecular flexibility index (Phi) is 5.11. The first kappa shape index (κ1) is 17.2. The number of likely N-dealkylation sites (tertiary alicyclic amines) is 1. The summed E-state index contributed by atoms with van der Waals surface area (Å²) in [4.78, 5) is 19.2. The molecule has 2 N–H and O–H groups in total. The first-order chi connectivity index (χ1) is 11.5. The van der Waals surface area contributed by atoms with Gasteiger partial charge in [-0.25, -0.2) is 9.78 Å². The Balaban J connectivity index is 1.65. The Morgan fingerprint density at radius 2 is 2.25 bits per heavy atom. The maximum absolute atomic E-state index is 12.5. The number of carbonyl (C=O) groups excluding carboxylic acids is 1. The lowest BCUT2D eigenvalue weighted by Crippen LogP contribution is -2.42. The van der Waals surface area contributed by atoms with E-state index in [1.807, 2.05) is 4.90 Å². The quantitative estimate of drug-likeness (QED) is 0.840. The van der Waals surface area contributed by atoms with Gasteiger partial charge in [0.05, 0.1) is 0 Å². The van der Waals surface area contributed by atoms with Gasteiger partial charge in [-0.2, -0.15) is 5.10 Å². The highest BCUT2D eigenvalue weighted by Gasteiger charge is 2.53. The van der Waals surface area contributed by atoms with Gasteiger partial charge < -0.3 is 10.2 Å². The van der Waals surface area contributed by atoms with Gasteiger partial charge in [0.25, 0.3) is 0 Å². The van der Waals surface area contributed by atoms with Crippen molar-refractivity contribution in [1.82, 2.24) is 25.4 Å². The Labute approximate surface area is 144 Å². The molecular formula is C18H31N5O. The van der Waals surface area contributed by atoms with Crippen LogP contribution in [0.2, 0.25) is 0 Å². The molecule has 0 aromatic carbocycles. The van der Waals surface area contributed by atoms with Crippen LogP contribution in [-0.4, -0.2) is 45.7 Å². The van der Waals surface area contributed by atoms with Gasteiger partial charge >= 0.3 is 6.03 Å². The molecule has 0 bridgehead atoms. The van der Waals surface area contributed by atoms with E-state index in [1.54, 1.807) is 0 Å². The Bertz CT molecular complexity index is 564. The summed E-state index contributed by atoms with van der Waals surface area (Å²) >= 11 is 0. The average molecular weight is 333 g/mol. The monoisotopic (exact) mass is 333 g/mol. The molecule has 1 unspecified atom stereocenters. The molecule has 1 aromatic rings. The van der Waals surface area contributed by atoms with Crippen LogP contribution in [-0.2, 0) is 6.42 Å². The summed E-state index contributed by atoms with van der Waals surface area (Å²) in [5.41, 5.74) is 0.209. The molecule has 0 radical (unpaired) electrons. The van der Waals surface area contributed by atoms with Crippen molar-refractivity contribution in [3.63, 3.8) is 0 Å². The minimum Gasteiger partial charge on any atom is -0.338 e. The molecule has 3 rings (SSSR count). The van der Waals surface area contributed by atoms with Gasteiger partial charge in [0, 0.05) is 32.0 Å². The molecule has 6 heteroatoms. The van der Waals surface area contributed by atoms with Gasteiger partial charge in [0.1, 0.15) is 5.82 Å². The van der Waals surface area contributed by atoms with E-state index in [4.69, 9.17) is 4.98 Å². The van der Waals surface area contributed by atoms with E-state index in [-0.39, 0.29) is 17.4 Å². The number of amides is 2. The zero-order chi connectivity index (χ0) is 17.2. The van der Waals surface area contributed by atoms with Gasteiger partial charge in [-0.05, 0) is 37.0 Å². The maximum atomic E-state index is 12.5. The lowest BCUT2D eigenvalue weighted by molar-refractivity contribution is 0.121. The predicted octanol–water partition coefficient (Wildman–Crippen LogP) is 3.08. The number of aryl methyl sites for hydroxylation is 1. The highest BCUT2D eigenvalue weighted by Crippen LogP contribution is 2.55. The Morgan fingerprint density at radius 3 is 2.88 bits per heavy atom. The van der Waals surface area contributed by atoms with E-state index in [2.05, 4.69) is 36.3 Å². The van der Waals surface area contributed by atoms with Crippen molar-refractivity contribution in [3.05, 3.63) is 11.6 Å². The highest BCUT2D eigenvalue weighted by molar-refractivity contribution is 5.74.